The average Bonchev–Trinajstić information content (AvgIpc) is 2.95. The lowest BCUT2D eigenvalue weighted by molar-refractivity contribution is -0.165. The molecule has 1 saturated heterocycles. The molecule has 1 fully saturated rings. The zero-order valence-corrected chi connectivity index (χ0v) is 14.7. The van der Waals surface area contributed by atoms with Crippen molar-refractivity contribution in [1.82, 2.24) is 9.80 Å². The summed E-state index contributed by atoms with van der Waals surface area (Å²) in [6.07, 6.45) is -3.41. The average molecular weight is 347 g/mol. The third-order valence-electron chi connectivity index (χ3n) is 3.92. The fraction of sp³-hybridized carbons (Fsp3) is 0.857. The van der Waals surface area contributed by atoms with E-state index in [9.17, 15) is 15.0 Å². The highest BCUT2D eigenvalue weighted by Crippen LogP contribution is 2.37. The monoisotopic (exact) mass is 347 g/mol. The number of nitrogens with zero attached hydrogens (tertiary/aromatic N) is 3. The van der Waals surface area contributed by atoms with Crippen molar-refractivity contribution < 1.29 is 24.5 Å². The fourth-order valence-electron chi connectivity index (χ4n) is 2.50. The van der Waals surface area contributed by atoms with Gasteiger partial charge in [0.15, 0.2) is 5.17 Å². The van der Waals surface area contributed by atoms with Gasteiger partial charge in [-0.25, -0.2) is 4.79 Å². The molecule has 0 aliphatic carbocycles. The van der Waals surface area contributed by atoms with Gasteiger partial charge in [-0.3, -0.25) is 4.99 Å². The molecule has 0 saturated carbocycles. The predicted octanol–water partition coefficient (Wildman–Crippen LogP) is -0.0555. The second-order valence-electron chi connectivity index (χ2n) is 5.69. The minimum atomic E-state index is -1.15. The van der Waals surface area contributed by atoms with Crippen molar-refractivity contribution in [3.8, 4) is 0 Å². The first-order valence-corrected chi connectivity index (χ1v) is 8.62. The van der Waals surface area contributed by atoms with Crippen molar-refractivity contribution in [3.05, 3.63) is 0 Å². The Bertz CT molecular complexity index is 458. The molecular formula is C14H25N3O5S. The number of amidine groups is 1. The Morgan fingerprint density at radius 1 is 1.30 bits per heavy atom. The van der Waals surface area contributed by atoms with Gasteiger partial charge in [-0.2, -0.15) is 0 Å². The molecule has 0 spiro atoms. The van der Waals surface area contributed by atoms with Gasteiger partial charge in [0.2, 0.25) is 0 Å². The van der Waals surface area contributed by atoms with E-state index in [0.717, 1.165) is 5.17 Å². The molecule has 3 unspecified atom stereocenters. The van der Waals surface area contributed by atoms with Gasteiger partial charge in [-0.1, -0.05) is 11.8 Å². The third-order valence-corrected chi connectivity index (χ3v) is 5.23. The number of thioether (sulfide) groups is 1. The molecule has 9 heteroatoms. The largest absolute Gasteiger partial charge is 0.447 e. The lowest BCUT2D eigenvalue weighted by Gasteiger charge is -2.38. The van der Waals surface area contributed by atoms with E-state index in [1.807, 2.05) is 32.8 Å². The van der Waals surface area contributed by atoms with Crippen LogP contribution in [0, 0.1) is 0 Å². The Hall–Kier alpha value is -1.03. The number of hydrogen-bond donors (Lipinski definition) is 2. The maximum Gasteiger partial charge on any atom is 0.409 e. The van der Waals surface area contributed by atoms with Gasteiger partial charge in [0, 0.05) is 27.2 Å². The van der Waals surface area contributed by atoms with Crippen LogP contribution in [-0.4, -0.2) is 94.9 Å². The van der Waals surface area contributed by atoms with Crippen molar-refractivity contribution in [3.63, 3.8) is 0 Å². The van der Waals surface area contributed by atoms with Crippen molar-refractivity contribution in [2.45, 2.75) is 43.6 Å². The van der Waals surface area contributed by atoms with Crippen LogP contribution in [0.1, 0.15) is 13.8 Å². The molecule has 132 valence electrons. The van der Waals surface area contributed by atoms with Gasteiger partial charge in [0.1, 0.15) is 36.4 Å². The molecule has 2 N–H and O–H groups in total. The topological polar surface area (TPSA) is 94.8 Å². The normalized spacial score (nSPS) is 33.0. The fourth-order valence-corrected chi connectivity index (χ4v) is 3.66. The summed E-state index contributed by atoms with van der Waals surface area (Å²) in [4.78, 5) is 19.6. The van der Waals surface area contributed by atoms with E-state index in [0.29, 0.717) is 13.1 Å². The summed E-state index contributed by atoms with van der Waals surface area (Å²) >= 11 is 1.39. The minimum absolute atomic E-state index is 0.103. The Kier molecular flexibility index (Phi) is 6.12. The summed E-state index contributed by atoms with van der Waals surface area (Å²) in [5.41, 5.74) is -0.386. The van der Waals surface area contributed by atoms with Crippen LogP contribution in [0.15, 0.2) is 4.99 Å². The van der Waals surface area contributed by atoms with E-state index >= 15 is 0 Å². The van der Waals surface area contributed by atoms with Crippen LogP contribution in [0.4, 0.5) is 4.79 Å². The van der Waals surface area contributed by atoms with Gasteiger partial charge < -0.3 is 29.5 Å². The maximum absolute atomic E-state index is 11.9. The Balaban J connectivity index is 1.95. The summed E-state index contributed by atoms with van der Waals surface area (Å²) < 4.78 is 11.0. The molecule has 2 rings (SSSR count). The maximum atomic E-state index is 11.9. The first-order valence-electron chi connectivity index (χ1n) is 7.74. The summed E-state index contributed by atoms with van der Waals surface area (Å²) in [5, 5.41) is 21.2. The molecular weight excluding hydrogens is 322 g/mol. The van der Waals surface area contributed by atoms with E-state index < -0.39 is 30.4 Å². The van der Waals surface area contributed by atoms with E-state index in [4.69, 9.17) is 9.47 Å². The van der Waals surface area contributed by atoms with E-state index in [1.54, 1.807) is 0 Å². The van der Waals surface area contributed by atoms with Crippen LogP contribution in [-0.2, 0) is 9.47 Å². The second-order valence-corrected chi connectivity index (χ2v) is 6.75. The van der Waals surface area contributed by atoms with E-state index in [1.165, 1.54) is 16.7 Å². The van der Waals surface area contributed by atoms with Crippen LogP contribution >= 0.6 is 11.8 Å². The summed E-state index contributed by atoms with van der Waals surface area (Å²) in [6, 6.07) is -0.512. The first-order chi connectivity index (χ1) is 10.9. The molecule has 2 heterocycles. The van der Waals surface area contributed by atoms with E-state index in [-0.39, 0.29) is 12.0 Å². The predicted molar refractivity (Wildman–Crippen MR) is 87.4 cm³/mol. The highest BCUT2D eigenvalue weighted by Gasteiger charge is 2.48. The quantitative estimate of drug-likeness (QED) is 0.736. The van der Waals surface area contributed by atoms with Crippen LogP contribution in [0.2, 0.25) is 0 Å². The lowest BCUT2D eigenvalue weighted by atomic mass is 9.99. The molecule has 0 aromatic heterocycles. The number of carbonyl (C=O) groups is 1. The molecule has 0 aromatic carbocycles. The number of aliphatic imine (C=N–C) groups is 1. The minimum Gasteiger partial charge on any atom is -0.447 e. The van der Waals surface area contributed by atoms with Crippen LogP contribution in [0.25, 0.3) is 0 Å². The third kappa shape index (κ3) is 3.90. The van der Waals surface area contributed by atoms with Crippen molar-refractivity contribution in [2.75, 3.05) is 33.8 Å². The molecule has 2 aliphatic rings. The number of aliphatic hydroxyl groups is 2. The zero-order chi connectivity index (χ0) is 17.1. The molecule has 0 bridgehead atoms. The van der Waals surface area contributed by atoms with Gasteiger partial charge >= 0.3 is 6.09 Å². The molecule has 2 aliphatic heterocycles. The number of ether oxygens (including phenoxy) is 2. The van der Waals surface area contributed by atoms with Crippen LogP contribution < -0.4 is 0 Å². The number of hydrogen-bond acceptors (Lipinski definition) is 8. The highest BCUT2D eigenvalue weighted by atomic mass is 32.2. The SMILES string of the molecule is CCN(CC)C(=O)OC[C@H]1O[C@@H]2SC(N(C)C)=NC2C(O)C1O. The number of amides is 1. The summed E-state index contributed by atoms with van der Waals surface area (Å²) in [7, 11) is 3.71. The molecule has 0 aromatic rings. The summed E-state index contributed by atoms with van der Waals surface area (Å²) in [6.45, 7) is 4.72. The van der Waals surface area contributed by atoms with Crippen LogP contribution in [0.3, 0.4) is 0 Å². The van der Waals surface area contributed by atoms with Gasteiger partial charge in [-0.05, 0) is 13.8 Å². The number of fused-ring (bicyclic) bond motifs is 1. The molecule has 0 radical (unpaired) electrons. The number of carbonyl (C=O) groups excluding carboxylic acids is 1. The van der Waals surface area contributed by atoms with Gasteiger partial charge in [0.05, 0.1) is 0 Å². The second kappa shape index (κ2) is 7.69. The Labute approximate surface area is 140 Å². The lowest BCUT2D eigenvalue weighted by Crippen LogP contribution is -2.56. The molecule has 5 atom stereocenters. The van der Waals surface area contributed by atoms with Crippen molar-refractivity contribution in [2.24, 2.45) is 4.99 Å². The smallest absolute Gasteiger partial charge is 0.409 e. The summed E-state index contributed by atoms with van der Waals surface area (Å²) in [5.74, 6) is 0. The van der Waals surface area contributed by atoms with Crippen molar-refractivity contribution in [1.29, 1.82) is 0 Å². The van der Waals surface area contributed by atoms with Gasteiger partial charge in [0.25, 0.3) is 0 Å². The highest BCUT2D eigenvalue weighted by molar-refractivity contribution is 8.14. The van der Waals surface area contributed by atoms with Gasteiger partial charge in [-0.15, -0.1) is 0 Å². The number of aliphatic hydroxyl groups excluding tert-OH is 2. The zero-order valence-electron chi connectivity index (χ0n) is 13.9. The standard InChI is InChI=1S/C14H25N3O5S/c1-5-17(6-2)14(20)21-7-8-10(18)11(19)9-12(22-8)23-13(15-9)16(3)4/h8-12,18-19H,5-7H2,1-4H3/t8-,9?,10?,11?,12-/m1/s1. The molecule has 23 heavy (non-hydrogen) atoms. The van der Waals surface area contributed by atoms with Crippen molar-refractivity contribution >= 4 is 23.0 Å². The molecule has 8 nitrogen and oxygen atoms in total. The van der Waals surface area contributed by atoms with Crippen LogP contribution in [0.5, 0.6) is 0 Å². The number of rotatable bonds is 4. The Morgan fingerprint density at radius 3 is 2.52 bits per heavy atom. The van der Waals surface area contributed by atoms with E-state index in [2.05, 4.69) is 4.99 Å². The first kappa shape index (κ1) is 18.3. The Morgan fingerprint density at radius 2 is 1.96 bits per heavy atom. The molecule has 1 amide bonds.